The molecule has 0 saturated carbocycles. The van der Waals surface area contributed by atoms with Crippen molar-refractivity contribution in [3.63, 3.8) is 0 Å². The molecule has 0 radical (unpaired) electrons. The zero-order valence-electron chi connectivity index (χ0n) is 16.8. The number of rotatable bonds is 6. The molecule has 30 heavy (non-hydrogen) atoms. The number of carboxylic acids is 1. The lowest BCUT2D eigenvalue weighted by Gasteiger charge is -2.26. The zero-order chi connectivity index (χ0) is 22.0. The van der Waals surface area contributed by atoms with E-state index in [4.69, 9.17) is 17.3 Å². The average Bonchev–Trinajstić information content (AvgIpc) is 3.31. The largest absolute Gasteiger partial charge is 0.481 e. The van der Waals surface area contributed by atoms with Gasteiger partial charge in [0.1, 0.15) is 21.8 Å². The van der Waals surface area contributed by atoms with Gasteiger partial charge in [0.2, 0.25) is 0 Å². The number of amides is 1. The van der Waals surface area contributed by atoms with Crippen LogP contribution in [-0.4, -0.2) is 50.4 Å². The molecular weight excluding hydrogens is 424 g/mol. The van der Waals surface area contributed by atoms with Crippen molar-refractivity contribution in [3.8, 4) is 6.07 Å². The maximum absolute atomic E-state index is 12.9. The van der Waals surface area contributed by atoms with Gasteiger partial charge in [-0.25, -0.2) is 0 Å². The monoisotopic (exact) mass is 446 g/mol. The van der Waals surface area contributed by atoms with E-state index in [0.717, 1.165) is 37.7 Å². The Kier molecular flexibility index (Phi) is 6.63. The van der Waals surface area contributed by atoms with E-state index in [2.05, 4.69) is 4.90 Å². The number of carbonyl (C=O) groups excluding carboxylic acids is 1. The molecule has 1 N–H and O–H groups in total. The topological polar surface area (TPSA) is 107 Å². The minimum absolute atomic E-state index is 0.00715. The van der Waals surface area contributed by atoms with Crippen LogP contribution in [0.3, 0.4) is 0 Å². The molecular formula is C20H22N4O4S2. The predicted molar refractivity (Wildman–Crippen MR) is 119 cm³/mol. The van der Waals surface area contributed by atoms with Gasteiger partial charge in [-0.2, -0.15) is 5.26 Å². The van der Waals surface area contributed by atoms with Crippen molar-refractivity contribution in [2.75, 3.05) is 24.5 Å². The normalized spacial score (nSPS) is 17.8. The van der Waals surface area contributed by atoms with E-state index in [0.29, 0.717) is 32.7 Å². The summed E-state index contributed by atoms with van der Waals surface area (Å²) in [4.78, 5) is 40.4. The van der Waals surface area contributed by atoms with Gasteiger partial charge in [-0.3, -0.25) is 23.9 Å². The fourth-order valence-electron chi connectivity index (χ4n) is 3.74. The van der Waals surface area contributed by atoms with Crippen molar-refractivity contribution in [2.24, 2.45) is 0 Å². The molecule has 0 spiro atoms. The van der Waals surface area contributed by atoms with E-state index < -0.39 is 5.97 Å². The highest BCUT2D eigenvalue weighted by Gasteiger charge is 2.33. The van der Waals surface area contributed by atoms with Crippen molar-refractivity contribution in [1.82, 2.24) is 9.47 Å². The number of thioether (sulfide) groups is 1. The number of aliphatic carboxylic acids is 1. The summed E-state index contributed by atoms with van der Waals surface area (Å²) in [6.07, 6.45) is 3.51. The van der Waals surface area contributed by atoms with Crippen molar-refractivity contribution in [1.29, 1.82) is 5.26 Å². The van der Waals surface area contributed by atoms with Crippen LogP contribution < -0.4 is 10.5 Å². The minimum atomic E-state index is -1.01. The molecule has 10 heteroatoms. The number of carboxylic acid groups (broad SMARTS) is 1. The van der Waals surface area contributed by atoms with Gasteiger partial charge < -0.3 is 10.0 Å². The van der Waals surface area contributed by atoms with E-state index >= 15 is 0 Å². The Hall–Kier alpha value is -2.64. The lowest BCUT2D eigenvalue weighted by Crippen LogP contribution is -2.33. The smallest absolute Gasteiger partial charge is 0.305 e. The summed E-state index contributed by atoms with van der Waals surface area (Å²) in [5.41, 5.74) is 0.927. The minimum Gasteiger partial charge on any atom is -0.481 e. The molecule has 1 aromatic heterocycles. The quantitative estimate of drug-likeness (QED) is 0.524. The van der Waals surface area contributed by atoms with Gasteiger partial charge in [-0.15, -0.1) is 0 Å². The summed E-state index contributed by atoms with van der Waals surface area (Å²) in [7, 11) is 0. The summed E-state index contributed by atoms with van der Waals surface area (Å²) in [5.74, 6) is -0.646. The summed E-state index contributed by atoms with van der Waals surface area (Å²) in [6, 6.07) is 2.01. The fraction of sp³-hybridized carbons (Fsp3) is 0.450. The molecule has 1 aromatic rings. The van der Waals surface area contributed by atoms with Crippen LogP contribution in [-0.2, 0) is 16.1 Å². The van der Waals surface area contributed by atoms with Crippen LogP contribution in [0.1, 0.15) is 42.9 Å². The van der Waals surface area contributed by atoms with Crippen molar-refractivity contribution < 1.29 is 14.7 Å². The molecule has 2 fully saturated rings. The SMILES string of the molecule is CCn1c(N2CCCC2)c(/C=C2\SC(=S)N(CCC(=O)O)C2=O)c(C)c(C#N)c1=O. The first-order valence-corrected chi connectivity index (χ1v) is 10.9. The molecule has 0 unspecified atom stereocenters. The number of anilines is 1. The Morgan fingerprint density at radius 2 is 2.00 bits per heavy atom. The number of nitriles is 1. The standard InChI is InChI=1S/C20H22N4O4S2/c1-3-23-17(22-7-4-5-8-22)13(12(2)14(11-21)18(23)27)10-15-19(28)24(20(29)30-15)9-6-16(25)26/h10H,3-9H2,1-2H3,(H,25,26)/b15-10-. The third-order valence-corrected chi connectivity index (χ3v) is 6.64. The Labute approximate surface area is 183 Å². The van der Waals surface area contributed by atoms with Gasteiger partial charge in [0.05, 0.1) is 11.3 Å². The number of pyridine rings is 1. The van der Waals surface area contributed by atoms with E-state index in [1.54, 1.807) is 17.6 Å². The molecule has 0 aromatic carbocycles. The molecule has 2 aliphatic rings. The highest BCUT2D eigenvalue weighted by molar-refractivity contribution is 8.26. The molecule has 0 aliphatic carbocycles. The van der Waals surface area contributed by atoms with Crippen molar-refractivity contribution in [2.45, 2.75) is 39.7 Å². The summed E-state index contributed by atoms with van der Waals surface area (Å²) in [5, 5.41) is 18.5. The average molecular weight is 447 g/mol. The highest BCUT2D eigenvalue weighted by atomic mass is 32.2. The summed E-state index contributed by atoms with van der Waals surface area (Å²) < 4.78 is 1.89. The van der Waals surface area contributed by atoms with Gasteiger partial charge in [-0.05, 0) is 38.3 Å². The van der Waals surface area contributed by atoms with Crippen LogP contribution in [0.5, 0.6) is 0 Å². The van der Waals surface area contributed by atoms with Crippen LogP contribution >= 0.6 is 24.0 Å². The van der Waals surface area contributed by atoms with Crippen molar-refractivity contribution in [3.05, 3.63) is 31.9 Å². The first-order chi connectivity index (χ1) is 14.3. The molecule has 3 heterocycles. The highest BCUT2D eigenvalue weighted by Crippen LogP contribution is 2.36. The fourth-order valence-corrected chi connectivity index (χ4v) is 5.03. The van der Waals surface area contributed by atoms with Gasteiger partial charge in [0.25, 0.3) is 11.5 Å². The number of carbonyl (C=O) groups is 2. The Morgan fingerprint density at radius 3 is 2.57 bits per heavy atom. The summed E-state index contributed by atoms with van der Waals surface area (Å²) in [6.45, 7) is 5.58. The zero-order valence-corrected chi connectivity index (χ0v) is 18.4. The number of hydrogen-bond donors (Lipinski definition) is 1. The van der Waals surface area contributed by atoms with Crippen LogP contribution in [0.15, 0.2) is 9.70 Å². The third kappa shape index (κ3) is 4.00. The van der Waals surface area contributed by atoms with E-state index in [1.165, 1.54) is 4.90 Å². The number of nitrogens with zero attached hydrogens (tertiary/aromatic N) is 4. The van der Waals surface area contributed by atoms with E-state index in [1.807, 2.05) is 13.0 Å². The summed E-state index contributed by atoms with van der Waals surface area (Å²) >= 11 is 6.38. The number of hydrogen-bond acceptors (Lipinski definition) is 7. The van der Waals surface area contributed by atoms with Gasteiger partial charge in [-0.1, -0.05) is 24.0 Å². The van der Waals surface area contributed by atoms with E-state index in [9.17, 15) is 19.6 Å². The maximum Gasteiger partial charge on any atom is 0.305 e. The van der Waals surface area contributed by atoms with Gasteiger partial charge in [0, 0.05) is 31.7 Å². The predicted octanol–water partition coefficient (Wildman–Crippen LogP) is 2.32. The molecule has 2 aliphatic heterocycles. The molecule has 0 bridgehead atoms. The second-order valence-corrected chi connectivity index (χ2v) is 8.75. The van der Waals surface area contributed by atoms with Crippen LogP contribution in [0, 0.1) is 18.3 Å². The van der Waals surface area contributed by atoms with Crippen LogP contribution in [0.25, 0.3) is 6.08 Å². The Bertz CT molecular complexity index is 1050. The second kappa shape index (κ2) is 9.02. The number of thiocarbonyl (C=S) groups is 1. The van der Waals surface area contributed by atoms with Gasteiger partial charge >= 0.3 is 5.97 Å². The Morgan fingerprint density at radius 1 is 1.33 bits per heavy atom. The molecule has 158 valence electrons. The number of aromatic nitrogens is 1. The first-order valence-electron chi connectivity index (χ1n) is 9.69. The van der Waals surface area contributed by atoms with Crippen LogP contribution in [0.4, 0.5) is 5.82 Å². The van der Waals surface area contributed by atoms with E-state index in [-0.39, 0.29) is 30.0 Å². The lowest BCUT2D eigenvalue weighted by molar-refractivity contribution is -0.137. The molecule has 2 saturated heterocycles. The first kappa shape index (κ1) is 22.1. The lowest BCUT2D eigenvalue weighted by atomic mass is 10.0. The molecule has 8 nitrogen and oxygen atoms in total. The third-order valence-electron chi connectivity index (χ3n) is 5.27. The molecule has 1 amide bonds. The van der Waals surface area contributed by atoms with Crippen LogP contribution in [0.2, 0.25) is 0 Å². The second-order valence-electron chi connectivity index (χ2n) is 7.07. The van der Waals surface area contributed by atoms with Crippen molar-refractivity contribution >= 4 is 52.1 Å². The molecule has 3 rings (SSSR count). The molecule has 0 atom stereocenters. The van der Waals surface area contributed by atoms with Gasteiger partial charge in [0.15, 0.2) is 0 Å². The maximum atomic E-state index is 12.9. The Balaban J connectivity index is 2.14.